The summed E-state index contributed by atoms with van der Waals surface area (Å²) < 4.78 is 16.9. The molecule has 134 valence electrons. The molecule has 0 spiro atoms. The van der Waals surface area contributed by atoms with E-state index in [4.69, 9.17) is 14.2 Å². The summed E-state index contributed by atoms with van der Waals surface area (Å²) in [5.41, 5.74) is -0.181. The van der Waals surface area contributed by atoms with Crippen molar-refractivity contribution >= 4 is 17.7 Å². The summed E-state index contributed by atoms with van der Waals surface area (Å²) in [5.74, 6) is -1.47. The first-order chi connectivity index (χ1) is 11.6. The highest BCUT2D eigenvalue weighted by atomic mass is 16.6. The van der Waals surface area contributed by atoms with Gasteiger partial charge in [-0.15, -0.1) is 0 Å². The van der Waals surface area contributed by atoms with E-state index in [2.05, 4.69) is 6.58 Å². The third-order valence-corrected chi connectivity index (χ3v) is 4.91. The molecule has 0 radical (unpaired) electrons. The van der Waals surface area contributed by atoms with Crippen molar-refractivity contribution < 1.29 is 28.6 Å². The Balaban J connectivity index is 2.06. The number of hydrogen-bond donors (Lipinski definition) is 0. The maximum Gasteiger partial charge on any atom is 0.334 e. The second-order valence-corrected chi connectivity index (χ2v) is 7.31. The van der Waals surface area contributed by atoms with Crippen molar-refractivity contribution in [2.24, 2.45) is 11.8 Å². The minimum atomic E-state index is -1.10. The predicted molar refractivity (Wildman–Crippen MR) is 88.2 cm³/mol. The Hall–Kier alpha value is -2.37. The molecule has 0 aliphatic carbocycles. The molecule has 3 aliphatic heterocycles. The van der Waals surface area contributed by atoms with Gasteiger partial charge in [0.25, 0.3) is 0 Å². The van der Waals surface area contributed by atoms with Gasteiger partial charge in [0.1, 0.15) is 18.0 Å². The maximum absolute atomic E-state index is 12.4. The number of hydrogen-bond acceptors (Lipinski definition) is 6. The van der Waals surface area contributed by atoms with Crippen LogP contribution in [0.3, 0.4) is 0 Å². The van der Waals surface area contributed by atoms with Crippen molar-refractivity contribution in [1.29, 1.82) is 0 Å². The van der Waals surface area contributed by atoms with Crippen LogP contribution in [0.1, 0.15) is 34.1 Å². The fraction of sp³-hybridized carbons (Fsp3) is 0.526. The Morgan fingerprint density at radius 1 is 1.40 bits per heavy atom. The highest BCUT2D eigenvalue weighted by Crippen LogP contribution is 2.42. The lowest BCUT2D eigenvalue weighted by atomic mass is 9.83. The summed E-state index contributed by atoms with van der Waals surface area (Å²) >= 11 is 0. The van der Waals surface area contributed by atoms with E-state index in [-0.39, 0.29) is 29.7 Å². The number of esters is 2. The molecule has 0 N–H and O–H groups in total. The molecule has 2 bridgehead atoms. The van der Waals surface area contributed by atoms with E-state index in [9.17, 15) is 14.4 Å². The van der Waals surface area contributed by atoms with Crippen molar-refractivity contribution in [2.75, 3.05) is 0 Å². The molecule has 3 rings (SSSR count). The zero-order chi connectivity index (χ0) is 18.5. The molecule has 0 aromatic heterocycles. The van der Waals surface area contributed by atoms with Crippen LogP contribution < -0.4 is 0 Å². The van der Waals surface area contributed by atoms with Crippen LogP contribution in [-0.4, -0.2) is 35.5 Å². The van der Waals surface area contributed by atoms with Crippen LogP contribution in [-0.2, 0) is 28.6 Å². The Morgan fingerprint density at radius 3 is 2.72 bits per heavy atom. The van der Waals surface area contributed by atoms with Crippen molar-refractivity contribution in [3.8, 4) is 0 Å². The van der Waals surface area contributed by atoms with Gasteiger partial charge in [-0.1, -0.05) is 20.4 Å². The SMILES string of the molecule is C=C1C(=O)O[C@H]2C[C@@]3(C)OC(=CC3=O)/C(C)=C\[C@@H](OC(=O)C(C)C)[C@H]12. The molecule has 3 aliphatic rings. The van der Waals surface area contributed by atoms with Gasteiger partial charge in [0.05, 0.1) is 11.8 Å². The molecule has 6 heteroatoms. The average Bonchev–Trinajstić information content (AvgIpc) is 2.96. The third kappa shape index (κ3) is 2.90. The summed E-state index contributed by atoms with van der Waals surface area (Å²) in [6.07, 6.45) is 1.98. The minimum Gasteiger partial charge on any atom is -0.479 e. The maximum atomic E-state index is 12.4. The lowest BCUT2D eigenvalue weighted by Crippen LogP contribution is -2.41. The van der Waals surface area contributed by atoms with Crippen LogP contribution in [0.25, 0.3) is 0 Å². The van der Waals surface area contributed by atoms with Gasteiger partial charge in [-0.2, -0.15) is 0 Å². The van der Waals surface area contributed by atoms with Gasteiger partial charge in [-0.3, -0.25) is 9.59 Å². The summed E-state index contributed by atoms with van der Waals surface area (Å²) in [4.78, 5) is 36.6. The monoisotopic (exact) mass is 346 g/mol. The Morgan fingerprint density at radius 2 is 2.08 bits per heavy atom. The van der Waals surface area contributed by atoms with Gasteiger partial charge in [0.2, 0.25) is 5.78 Å². The molecular weight excluding hydrogens is 324 g/mol. The zero-order valence-corrected chi connectivity index (χ0v) is 14.8. The highest BCUT2D eigenvalue weighted by molar-refractivity contribution is 6.00. The zero-order valence-electron chi connectivity index (χ0n) is 14.8. The lowest BCUT2D eigenvalue weighted by Gasteiger charge is -2.29. The van der Waals surface area contributed by atoms with Crippen LogP contribution in [0.5, 0.6) is 0 Å². The Kier molecular flexibility index (Phi) is 4.09. The van der Waals surface area contributed by atoms with Crippen molar-refractivity contribution in [3.05, 3.63) is 35.6 Å². The number of carbonyl (C=O) groups excluding carboxylic acids is 3. The van der Waals surface area contributed by atoms with E-state index in [1.165, 1.54) is 6.08 Å². The summed E-state index contributed by atoms with van der Waals surface area (Å²) in [6, 6.07) is 0. The fourth-order valence-corrected chi connectivity index (χ4v) is 3.35. The summed E-state index contributed by atoms with van der Waals surface area (Å²) in [5, 5.41) is 0. The number of rotatable bonds is 2. The van der Waals surface area contributed by atoms with Gasteiger partial charge in [0.15, 0.2) is 5.60 Å². The number of allylic oxidation sites excluding steroid dienone is 1. The molecule has 4 atom stereocenters. The van der Waals surface area contributed by atoms with Gasteiger partial charge in [-0.25, -0.2) is 4.79 Å². The number of ether oxygens (including phenoxy) is 3. The molecular formula is C19H22O6. The van der Waals surface area contributed by atoms with E-state index in [1.54, 1.807) is 33.8 Å². The van der Waals surface area contributed by atoms with E-state index in [0.29, 0.717) is 11.3 Å². The smallest absolute Gasteiger partial charge is 0.334 e. The Bertz CT molecular complexity index is 728. The van der Waals surface area contributed by atoms with Crippen LogP contribution in [0, 0.1) is 11.8 Å². The standard InChI is InChI=1S/C19H22O6/c1-9(2)17(21)23-13-6-10(3)12-7-15(20)19(5,25-12)8-14-16(13)11(4)18(22)24-14/h6-7,9,13-14,16H,4,8H2,1-3,5H3/b10-6-/t13-,14+,16+,19-/m1/s1. The molecule has 1 saturated heterocycles. The van der Waals surface area contributed by atoms with E-state index < -0.39 is 29.7 Å². The molecule has 0 aromatic rings. The normalized spacial score (nSPS) is 36.4. The average molecular weight is 346 g/mol. The number of ketones is 1. The van der Waals surface area contributed by atoms with Gasteiger partial charge >= 0.3 is 11.9 Å². The molecule has 25 heavy (non-hydrogen) atoms. The predicted octanol–water partition coefficient (Wildman–Crippen LogP) is 2.24. The minimum absolute atomic E-state index is 0.166. The quantitative estimate of drug-likeness (QED) is 0.564. The molecule has 0 aromatic carbocycles. The molecule has 1 fully saturated rings. The van der Waals surface area contributed by atoms with Crippen LogP contribution in [0.15, 0.2) is 35.6 Å². The summed E-state index contributed by atoms with van der Waals surface area (Å²) in [6.45, 7) is 10.8. The van der Waals surface area contributed by atoms with E-state index >= 15 is 0 Å². The summed E-state index contributed by atoms with van der Waals surface area (Å²) in [7, 11) is 0. The van der Waals surface area contributed by atoms with E-state index in [0.717, 1.165) is 0 Å². The molecule has 0 unspecified atom stereocenters. The first-order valence-corrected chi connectivity index (χ1v) is 8.36. The van der Waals surface area contributed by atoms with Crippen molar-refractivity contribution in [3.63, 3.8) is 0 Å². The molecule has 0 saturated carbocycles. The first-order valence-electron chi connectivity index (χ1n) is 8.36. The highest BCUT2D eigenvalue weighted by Gasteiger charge is 2.52. The van der Waals surface area contributed by atoms with Crippen LogP contribution in [0.2, 0.25) is 0 Å². The van der Waals surface area contributed by atoms with Gasteiger partial charge < -0.3 is 14.2 Å². The fourth-order valence-electron chi connectivity index (χ4n) is 3.35. The topological polar surface area (TPSA) is 78.9 Å². The van der Waals surface area contributed by atoms with Gasteiger partial charge in [0, 0.05) is 18.1 Å². The largest absolute Gasteiger partial charge is 0.479 e. The van der Waals surface area contributed by atoms with E-state index in [1.807, 2.05) is 0 Å². The molecule has 0 amide bonds. The van der Waals surface area contributed by atoms with Crippen molar-refractivity contribution in [2.45, 2.75) is 51.9 Å². The first kappa shape index (κ1) is 17.5. The molecule has 3 heterocycles. The van der Waals surface area contributed by atoms with Gasteiger partial charge in [-0.05, 0) is 25.5 Å². The number of fused-ring (bicyclic) bond motifs is 3. The van der Waals surface area contributed by atoms with Crippen LogP contribution in [0.4, 0.5) is 0 Å². The second-order valence-electron chi connectivity index (χ2n) is 7.31. The lowest BCUT2D eigenvalue weighted by molar-refractivity contribution is -0.154. The number of carbonyl (C=O) groups is 3. The third-order valence-electron chi connectivity index (χ3n) is 4.91. The second kappa shape index (κ2) is 5.86. The van der Waals surface area contributed by atoms with Crippen molar-refractivity contribution in [1.82, 2.24) is 0 Å². The Labute approximate surface area is 146 Å². The van der Waals surface area contributed by atoms with Crippen LogP contribution >= 0.6 is 0 Å². The molecule has 6 nitrogen and oxygen atoms in total.